The lowest BCUT2D eigenvalue weighted by atomic mass is 9.85. The molecule has 3 fully saturated rings. The largest absolute Gasteiger partial charge is 0.480 e. The minimum atomic E-state index is -0.835. The molecule has 0 bridgehead atoms. The Labute approximate surface area is 129 Å². The molecule has 2 N–H and O–H groups in total. The molecule has 3 atom stereocenters. The number of carbonyl (C=O) groups excluding carboxylic acids is 2. The van der Waals surface area contributed by atoms with Crippen molar-refractivity contribution in [3.05, 3.63) is 0 Å². The molecule has 2 heterocycles. The summed E-state index contributed by atoms with van der Waals surface area (Å²) in [6.07, 6.45) is 4.94. The lowest BCUT2D eigenvalue weighted by molar-refractivity contribution is -0.145. The molecule has 1 aliphatic carbocycles. The molecule has 0 aromatic heterocycles. The molecule has 2 saturated heterocycles. The Morgan fingerprint density at radius 3 is 2.77 bits per heavy atom. The van der Waals surface area contributed by atoms with Crippen molar-refractivity contribution >= 4 is 17.8 Å². The summed E-state index contributed by atoms with van der Waals surface area (Å²) in [6.45, 7) is 1.17. The Morgan fingerprint density at radius 1 is 1.27 bits per heavy atom. The number of piperazine rings is 1. The molecular weight excluding hydrogens is 286 g/mol. The number of aliphatic carboxylic acids is 1. The second-order valence-electron chi connectivity index (χ2n) is 6.54. The van der Waals surface area contributed by atoms with E-state index in [-0.39, 0.29) is 30.9 Å². The van der Waals surface area contributed by atoms with E-state index in [1.165, 1.54) is 4.90 Å². The fraction of sp³-hybridized carbons (Fsp3) is 0.800. The number of hydrogen-bond acceptors (Lipinski definition) is 4. The minimum absolute atomic E-state index is 0.0819. The molecule has 0 radical (unpaired) electrons. The van der Waals surface area contributed by atoms with Gasteiger partial charge in [0.2, 0.25) is 11.8 Å². The van der Waals surface area contributed by atoms with Crippen molar-refractivity contribution in [3.8, 4) is 0 Å². The summed E-state index contributed by atoms with van der Waals surface area (Å²) in [5.41, 5.74) is 0. The van der Waals surface area contributed by atoms with E-state index in [0.717, 1.165) is 25.7 Å². The van der Waals surface area contributed by atoms with Gasteiger partial charge in [0.1, 0.15) is 6.04 Å². The zero-order chi connectivity index (χ0) is 15.7. The highest BCUT2D eigenvalue weighted by molar-refractivity contribution is 5.87. The van der Waals surface area contributed by atoms with Gasteiger partial charge < -0.3 is 15.3 Å². The highest BCUT2D eigenvalue weighted by Gasteiger charge is 2.46. The third-order valence-corrected chi connectivity index (χ3v) is 5.22. The number of carboxylic acids is 1. The first-order chi connectivity index (χ1) is 10.6. The smallest absolute Gasteiger partial charge is 0.320 e. The zero-order valence-electron chi connectivity index (χ0n) is 12.7. The van der Waals surface area contributed by atoms with Crippen molar-refractivity contribution in [2.45, 2.75) is 44.2 Å². The SMILES string of the molecule is O=C1CN(C(=O)CN2C(C(=O)O)CC3CCCCC32)CCN1. The Hall–Kier alpha value is -1.63. The number of fused-ring (bicyclic) bond motifs is 1. The van der Waals surface area contributed by atoms with E-state index in [4.69, 9.17) is 0 Å². The standard InChI is InChI=1S/C15H23N3O4/c19-13-8-17(6-5-16-13)14(20)9-18-11-4-2-1-3-10(11)7-12(18)15(21)22/h10-12H,1-9H2,(H,16,19)(H,21,22). The number of nitrogens with zero attached hydrogens (tertiary/aromatic N) is 2. The lowest BCUT2D eigenvalue weighted by Gasteiger charge is -2.34. The van der Waals surface area contributed by atoms with Crippen molar-refractivity contribution in [1.82, 2.24) is 15.1 Å². The van der Waals surface area contributed by atoms with Crippen LogP contribution in [0.2, 0.25) is 0 Å². The van der Waals surface area contributed by atoms with Crippen molar-refractivity contribution in [1.29, 1.82) is 0 Å². The fourth-order valence-corrected chi connectivity index (χ4v) is 4.13. The third-order valence-electron chi connectivity index (χ3n) is 5.22. The van der Waals surface area contributed by atoms with Crippen LogP contribution < -0.4 is 5.32 Å². The molecule has 22 heavy (non-hydrogen) atoms. The van der Waals surface area contributed by atoms with Crippen LogP contribution in [0.1, 0.15) is 32.1 Å². The van der Waals surface area contributed by atoms with Crippen LogP contribution in [0.4, 0.5) is 0 Å². The van der Waals surface area contributed by atoms with Gasteiger partial charge >= 0.3 is 5.97 Å². The maximum absolute atomic E-state index is 12.5. The van der Waals surface area contributed by atoms with Crippen LogP contribution in [0, 0.1) is 5.92 Å². The zero-order valence-corrected chi connectivity index (χ0v) is 12.7. The molecule has 2 amide bonds. The maximum Gasteiger partial charge on any atom is 0.320 e. The molecule has 0 spiro atoms. The van der Waals surface area contributed by atoms with E-state index in [1.807, 2.05) is 4.90 Å². The van der Waals surface area contributed by atoms with Crippen LogP contribution in [0.5, 0.6) is 0 Å². The molecule has 0 aromatic rings. The highest BCUT2D eigenvalue weighted by Crippen LogP contribution is 2.39. The summed E-state index contributed by atoms with van der Waals surface area (Å²) < 4.78 is 0. The quantitative estimate of drug-likeness (QED) is 0.744. The van der Waals surface area contributed by atoms with Gasteiger partial charge in [-0.2, -0.15) is 0 Å². The Bertz CT molecular complexity index is 481. The van der Waals surface area contributed by atoms with Gasteiger partial charge in [-0.1, -0.05) is 12.8 Å². The van der Waals surface area contributed by atoms with Crippen LogP contribution in [0.15, 0.2) is 0 Å². The summed E-state index contributed by atoms with van der Waals surface area (Å²) in [6, 6.07) is -0.354. The maximum atomic E-state index is 12.5. The molecule has 122 valence electrons. The van der Waals surface area contributed by atoms with E-state index < -0.39 is 12.0 Å². The van der Waals surface area contributed by atoms with Gasteiger partial charge in [-0.3, -0.25) is 19.3 Å². The topological polar surface area (TPSA) is 90.0 Å². The van der Waals surface area contributed by atoms with Crippen molar-refractivity contribution < 1.29 is 19.5 Å². The number of carbonyl (C=O) groups is 3. The second-order valence-corrected chi connectivity index (χ2v) is 6.54. The Morgan fingerprint density at radius 2 is 2.05 bits per heavy atom. The van der Waals surface area contributed by atoms with Crippen LogP contribution in [0.3, 0.4) is 0 Å². The fourth-order valence-electron chi connectivity index (χ4n) is 4.13. The molecule has 0 aromatic carbocycles. The van der Waals surface area contributed by atoms with Crippen LogP contribution in [-0.4, -0.2) is 71.0 Å². The highest BCUT2D eigenvalue weighted by atomic mass is 16.4. The van der Waals surface area contributed by atoms with Gasteiger partial charge in [0.15, 0.2) is 0 Å². The number of likely N-dealkylation sites (tertiary alicyclic amines) is 1. The summed E-state index contributed by atoms with van der Waals surface area (Å²) in [7, 11) is 0. The Balaban J connectivity index is 1.69. The normalized spacial score (nSPS) is 32.5. The first-order valence-electron chi connectivity index (χ1n) is 8.09. The predicted octanol–water partition coefficient (Wildman–Crippen LogP) is -0.337. The molecular formula is C15H23N3O4. The van der Waals surface area contributed by atoms with Crippen molar-refractivity contribution in [2.24, 2.45) is 5.92 Å². The summed E-state index contributed by atoms with van der Waals surface area (Å²) in [4.78, 5) is 38.8. The minimum Gasteiger partial charge on any atom is -0.480 e. The predicted molar refractivity (Wildman–Crippen MR) is 78.1 cm³/mol. The van der Waals surface area contributed by atoms with Gasteiger partial charge in [-0.25, -0.2) is 0 Å². The van der Waals surface area contributed by atoms with Crippen LogP contribution in [-0.2, 0) is 14.4 Å². The van der Waals surface area contributed by atoms with E-state index in [9.17, 15) is 19.5 Å². The van der Waals surface area contributed by atoms with Crippen LogP contribution >= 0.6 is 0 Å². The van der Waals surface area contributed by atoms with Gasteiger partial charge in [0.25, 0.3) is 0 Å². The number of hydrogen-bond donors (Lipinski definition) is 2. The average Bonchev–Trinajstić information content (AvgIpc) is 2.86. The van der Waals surface area contributed by atoms with Crippen LogP contribution in [0.25, 0.3) is 0 Å². The molecule has 7 nitrogen and oxygen atoms in total. The first kappa shape index (κ1) is 15.3. The van der Waals surface area contributed by atoms with Gasteiger partial charge in [0, 0.05) is 19.1 Å². The number of amides is 2. The molecule has 2 aliphatic heterocycles. The number of rotatable bonds is 3. The van der Waals surface area contributed by atoms with E-state index in [0.29, 0.717) is 25.4 Å². The van der Waals surface area contributed by atoms with Crippen molar-refractivity contribution in [3.63, 3.8) is 0 Å². The van der Waals surface area contributed by atoms with Crippen molar-refractivity contribution in [2.75, 3.05) is 26.2 Å². The second kappa shape index (κ2) is 6.24. The van der Waals surface area contributed by atoms with Gasteiger partial charge in [-0.15, -0.1) is 0 Å². The molecule has 7 heteroatoms. The van der Waals surface area contributed by atoms with Gasteiger partial charge in [-0.05, 0) is 25.2 Å². The summed E-state index contributed by atoms with van der Waals surface area (Å²) in [5.74, 6) is -0.718. The molecule has 3 unspecified atom stereocenters. The molecule has 3 rings (SSSR count). The lowest BCUT2D eigenvalue weighted by Crippen LogP contribution is -2.54. The molecule has 1 saturated carbocycles. The van der Waals surface area contributed by atoms with E-state index >= 15 is 0 Å². The third kappa shape index (κ3) is 2.95. The summed E-state index contributed by atoms with van der Waals surface area (Å²) >= 11 is 0. The Kier molecular flexibility index (Phi) is 4.33. The monoisotopic (exact) mass is 309 g/mol. The van der Waals surface area contributed by atoms with E-state index in [1.54, 1.807) is 0 Å². The van der Waals surface area contributed by atoms with Gasteiger partial charge in [0.05, 0.1) is 13.1 Å². The summed E-state index contributed by atoms with van der Waals surface area (Å²) in [5, 5.41) is 12.2. The number of nitrogens with one attached hydrogen (secondary N) is 1. The number of carboxylic acid groups (broad SMARTS) is 1. The first-order valence-corrected chi connectivity index (χ1v) is 8.09. The van der Waals surface area contributed by atoms with E-state index in [2.05, 4.69) is 5.32 Å². The average molecular weight is 309 g/mol. The molecule has 3 aliphatic rings.